The van der Waals surface area contributed by atoms with E-state index < -0.39 is 0 Å². The van der Waals surface area contributed by atoms with Gasteiger partial charge in [0.15, 0.2) is 5.96 Å². The Morgan fingerprint density at radius 2 is 2.31 bits per heavy atom. The molecule has 2 heterocycles. The van der Waals surface area contributed by atoms with Gasteiger partial charge >= 0.3 is 0 Å². The van der Waals surface area contributed by atoms with Crippen molar-refractivity contribution in [3.05, 3.63) is 24.3 Å². The van der Waals surface area contributed by atoms with Crippen LogP contribution in [0.2, 0.25) is 0 Å². The number of halogens is 1. The van der Waals surface area contributed by atoms with Gasteiger partial charge in [0.1, 0.15) is 0 Å². The van der Waals surface area contributed by atoms with Crippen LogP contribution in [0.15, 0.2) is 23.6 Å². The van der Waals surface area contributed by atoms with Gasteiger partial charge in [-0.1, -0.05) is 0 Å². The third kappa shape index (κ3) is 4.30. The molecule has 0 aliphatic carbocycles. The first-order chi connectivity index (χ1) is 7.45. The molecule has 0 atom stereocenters. The maximum atomic E-state index is 4.32. The van der Waals surface area contributed by atoms with Crippen LogP contribution in [0.25, 0.3) is 0 Å². The van der Waals surface area contributed by atoms with Crippen molar-refractivity contribution in [1.29, 1.82) is 0 Å². The van der Waals surface area contributed by atoms with Crippen LogP contribution in [0.5, 0.6) is 0 Å². The second kappa shape index (κ2) is 7.37. The van der Waals surface area contributed by atoms with Crippen LogP contribution in [-0.4, -0.2) is 35.6 Å². The minimum Gasteiger partial charge on any atom is -0.356 e. The Morgan fingerprint density at radius 1 is 1.38 bits per heavy atom. The highest BCUT2D eigenvalue weighted by Crippen LogP contribution is 1.91. The molecule has 6 heteroatoms. The molecule has 0 amide bonds. The average molecular weight is 333 g/mol. The van der Waals surface area contributed by atoms with E-state index in [0.29, 0.717) is 0 Å². The summed E-state index contributed by atoms with van der Waals surface area (Å²) in [7, 11) is 0. The number of guanidine groups is 1. The van der Waals surface area contributed by atoms with Gasteiger partial charge in [-0.3, -0.25) is 15.0 Å². The molecule has 0 saturated heterocycles. The molecule has 1 aliphatic heterocycles. The van der Waals surface area contributed by atoms with E-state index in [-0.39, 0.29) is 24.0 Å². The molecule has 0 bridgehead atoms. The average Bonchev–Trinajstić information content (AvgIpc) is 2.32. The molecule has 0 spiro atoms. The van der Waals surface area contributed by atoms with Crippen molar-refractivity contribution in [3.8, 4) is 0 Å². The van der Waals surface area contributed by atoms with Crippen LogP contribution < -0.4 is 10.6 Å². The lowest BCUT2D eigenvalue weighted by Gasteiger charge is -2.15. The Balaban J connectivity index is 0.00000128. The molecule has 2 rings (SSSR count). The summed E-state index contributed by atoms with van der Waals surface area (Å²) < 4.78 is 0. The second-order valence-electron chi connectivity index (χ2n) is 3.38. The minimum absolute atomic E-state index is 0. The number of hydrogen-bond acceptors (Lipinski definition) is 5. The summed E-state index contributed by atoms with van der Waals surface area (Å²) in [4.78, 5) is 12.5. The van der Waals surface area contributed by atoms with E-state index >= 15 is 0 Å². The number of rotatable bonds is 3. The topological polar surface area (TPSA) is 62.2 Å². The molecule has 16 heavy (non-hydrogen) atoms. The van der Waals surface area contributed by atoms with Crippen molar-refractivity contribution in [2.24, 2.45) is 4.99 Å². The molecular formula is C10H16IN5. The van der Waals surface area contributed by atoms with E-state index in [2.05, 4.69) is 25.6 Å². The molecule has 0 aromatic carbocycles. The van der Waals surface area contributed by atoms with Gasteiger partial charge in [-0.15, -0.1) is 24.0 Å². The zero-order chi connectivity index (χ0) is 10.3. The van der Waals surface area contributed by atoms with Crippen LogP contribution in [0.1, 0.15) is 12.1 Å². The van der Waals surface area contributed by atoms with E-state index in [9.17, 15) is 0 Å². The summed E-state index contributed by atoms with van der Waals surface area (Å²) in [6.45, 7) is 2.77. The molecule has 5 nitrogen and oxygen atoms in total. The van der Waals surface area contributed by atoms with Crippen molar-refractivity contribution in [1.82, 2.24) is 20.6 Å². The van der Waals surface area contributed by atoms with Crippen LogP contribution >= 0.6 is 24.0 Å². The fourth-order valence-corrected chi connectivity index (χ4v) is 1.42. The second-order valence-corrected chi connectivity index (χ2v) is 3.38. The molecule has 2 N–H and O–H groups in total. The minimum atomic E-state index is 0. The molecule has 0 saturated carbocycles. The highest BCUT2D eigenvalue weighted by atomic mass is 127. The summed E-state index contributed by atoms with van der Waals surface area (Å²) in [6, 6.07) is 0. The van der Waals surface area contributed by atoms with Crippen LogP contribution in [0.3, 0.4) is 0 Å². The van der Waals surface area contributed by atoms with Gasteiger partial charge < -0.3 is 10.6 Å². The standard InChI is InChI=1S/C10H15N5.HI/c1-3-13-10(14-4-1)15-5-2-9-8-11-6-7-12-9;/h6-8H,1-5H2,(H2,13,14,15);1H. The molecule has 0 unspecified atom stereocenters. The first-order valence-electron chi connectivity index (χ1n) is 5.22. The molecule has 1 aromatic rings. The van der Waals surface area contributed by atoms with Crippen molar-refractivity contribution >= 4 is 29.9 Å². The summed E-state index contributed by atoms with van der Waals surface area (Å²) in [5.74, 6) is 0.908. The Hall–Kier alpha value is -0.920. The largest absolute Gasteiger partial charge is 0.356 e. The van der Waals surface area contributed by atoms with Crippen molar-refractivity contribution in [2.45, 2.75) is 12.8 Å². The predicted octanol–water partition coefficient (Wildman–Crippen LogP) is 0.576. The zero-order valence-electron chi connectivity index (χ0n) is 9.02. The number of aliphatic imine (C=N–C) groups is 1. The summed E-state index contributed by atoms with van der Waals surface area (Å²) in [5.41, 5.74) is 1.00. The molecule has 1 aromatic heterocycles. The number of hydrogen-bond donors (Lipinski definition) is 2. The fourth-order valence-electron chi connectivity index (χ4n) is 1.42. The highest BCUT2D eigenvalue weighted by Gasteiger charge is 2.02. The zero-order valence-corrected chi connectivity index (χ0v) is 11.3. The first kappa shape index (κ1) is 13.1. The lowest BCUT2D eigenvalue weighted by molar-refractivity contribution is 0.697. The van der Waals surface area contributed by atoms with Crippen molar-refractivity contribution < 1.29 is 0 Å². The van der Waals surface area contributed by atoms with Crippen molar-refractivity contribution in [2.75, 3.05) is 19.6 Å². The third-order valence-electron chi connectivity index (χ3n) is 2.19. The summed E-state index contributed by atoms with van der Waals surface area (Å²) in [6.07, 6.45) is 7.18. The Kier molecular flexibility index (Phi) is 6.05. The Labute approximate surface area is 112 Å². The summed E-state index contributed by atoms with van der Waals surface area (Å²) in [5, 5.41) is 6.45. The van der Waals surface area contributed by atoms with E-state index in [4.69, 9.17) is 0 Å². The van der Waals surface area contributed by atoms with E-state index in [0.717, 1.165) is 44.1 Å². The quantitative estimate of drug-likeness (QED) is 0.795. The maximum Gasteiger partial charge on any atom is 0.191 e. The van der Waals surface area contributed by atoms with E-state index in [1.807, 2.05) is 0 Å². The SMILES string of the molecule is I.c1cnc(CCNC2=NCCCN2)cn1. The molecular weight excluding hydrogens is 317 g/mol. The highest BCUT2D eigenvalue weighted by molar-refractivity contribution is 14.0. The lowest BCUT2D eigenvalue weighted by Crippen LogP contribution is -2.41. The van der Waals surface area contributed by atoms with Gasteiger partial charge in [0.25, 0.3) is 0 Å². The smallest absolute Gasteiger partial charge is 0.191 e. The van der Waals surface area contributed by atoms with Crippen LogP contribution in [0.4, 0.5) is 0 Å². The third-order valence-corrected chi connectivity index (χ3v) is 2.19. The van der Waals surface area contributed by atoms with Gasteiger partial charge in [0, 0.05) is 44.6 Å². The van der Waals surface area contributed by atoms with Gasteiger partial charge in [0.2, 0.25) is 0 Å². The maximum absolute atomic E-state index is 4.32. The first-order valence-corrected chi connectivity index (χ1v) is 5.22. The number of nitrogens with one attached hydrogen (secondary N) is 2. The van der Waals surface area contributed by atoms with Crippen LogP contribution in [-0.2, 0) is 6.42 Å². The lowest BCUT2D eigenvalue weighted by atomic mass is 10.3. The Bertz CT molecular complexity index is 327. The molecule has 0 fully saturated rings. The molecule has 88 valence electrons. The number of nitrogens with zero attached hydrogens (tertiary/aromatic N) is 3. The normalized spacial score (nSPS) is 14.4. The van der Waals surface area contributed by atoms with Gasteiger partial charge in [0.05, 0.1) is 5.69 Å². The van der Waals surface area contributed by atoms with E-state index in [1.165, 1.54) is 0 Å². The monoisotopic (exact) mass is 333 g/mol. The molecule has 0 radical (unpaired) electrons. The van der Waals surface area contributed by atoms with Gasteiger partial charge in [-0.05, 0) is 6.42 Å². The summed E-state index contributed by atoms with van der Waals surface area (Å²) >= 11 is 0. The van der Waals surface area contributed by atoms with Crippen LogP contribution in [0, 0.1) is 0 Å². The van der Waals surface area contributed by atoms with E-state index in [1.54, 1.807) is 18.6 Å². The molecule has 1 aliphatic rings. The predicted molar refractivity (Wildman–Crippen MR) is 74.1 cm³/mol. The number of aromatic nitrogens is 2. The van der Waals surface area contributed by atoms with Gasteiger partial charge in [-0.2, -0.15) is 0 Å². The van der Waals surface area contributed by atoms with Crippen molar-refractivity contribution in [3.63, 3.8) is 0 Å². The fraction of sp³-hybridized carbons (Fsp3) is 0.500. The Morgan fingerprint density at radius 3 is 3.00 bits per heavy atom. The van der Waals surface area contributed by atoms with Gasteiger partial charge in [-0.25, -0.2) is 0 Å².